The molecule has 1 atom stereocenters. The van der Waals surface area contributed by atoms with Gasteiger partial charge >= 0.3 is 0 Å². The molecule has 0 aliphatic carbocycles. The Morgan fingerprint density at radius 3 is 2.21 bits per heavy atom. The third-order valence-electron chi connectivity index (χ3n) is 3.35. The van der Waals surface area contributed by atoms with E-state index in [4.69, 9.17) is 0 Å². The predicted octanol–water partition coefficient (Wildman–Crippen LogP) is 4.51. The average molecular weight is 322 g/mol. The lowest BCUT2D eigenvalue weighted by Crippen LogP contribution is -2.20. The van der Waals surface area contributed by atoms with Crippen LogP contribution >= 0.6 is 15.9 Å². The summed E-state index contributed by atoms with van der Waals surface area (Å²) in [6.45, 7) is 3.90. The first-order chi connectivity index (χ1) is 9.04. The van der Waals surface area contributed by atoms with Crippen LogP contribution in [0.15, 0.2) is 40.9 Å². The Morgan fingerprint density at radius 2 is 1.68 bits per heavy atom. The molecule has 0 aliphatic heterocycles. The molecule has 0 aromatic heterocycles. The normalized spacial score (nSPS) is 12.5. The number of benzene rings is 2. The molecule has 1 N–H and O–H groups in total. The lowest BCUT2D eigenvalue weighted by atomic mass is 9.91. The van der Waals surface area contributed by atoms with Gasteiger partial charge in [-0.3, -0.25) is 0 Å². The lowest BCUT2D eigenvalue weighted by molar-refractivity contribution is 0.618. The van der Waals surface area contributed by atoms with Crippen molar-refractivity contribution < 1.29 is 4.39 Å². The van der Waals surface area contributed by atoms with E-state index in [0.717, 1.165) is 26.7 Å². The van der Waals surface area contributed by atoms with Crippen molar-refractivity contribution in [3.05, 3.63) is 68.9 Å². The molecule has 2 aromatic carbocycles. The molecular weight excluding hydrogens is 305 g/mol. The highest BCUT2D eigenvalue weighted by molar-refractivity contribution is 9.10. The van der Waals surface area contributed by atoms with Crippen molar-refractivity contribution in [3.63, 3.8) is 0 Å². The molecule has 0 bridgehead atoms. The minimum Gasteiger partial charge on any atom is -0.309 e. The Kier molecular flexibility index (Phi) is 4.38. The maximum Gasteiger partial charge on any atom is 0.123 e. The summed E-state index contributed by atoms with van der Waals surface area (Å²) in [5, 5.41) is 3.32. The lowest BCUT2D eigenvalue weighted by Gasteiger charge is -2.23. The molecule has 2 aromatic rings. The number of hydrogen-bond acceptors (Lipinski definition) is 1. The fourth-order valence-corrected chi connectivity index (χ4v) is 3.06. The molecule has 19 heavy (non-hydrogen) atoms. The molecule has 100 valence electrons. The van der Waals surface area contributed by atoms with Crippen LogP contribution in [-0.4, -0.2) is 7.05 Å². The van der Waals surface area contributed by atoms with E-state index < -0.39 is 0 Å². The number of nitrogens with one attached hydrogen (secondary N) is 1. The van der Waals surface area contributed by atoms with E-state index >= 15 is 0 Å². The van der Waals surface area contributed by atoms with Gasteiger partial charge in [0.1, 0.15) is 5.82 Å². The van der Waals surface area contributed by atoms with E-state index in [9.17, 15) is 4.39 Å². The van der Waals surface area contributed by atoms with Gasteiger partial charge in [0.15, 0.2) is 0 Å². The maximum atomic E-state index is 13.4. The van der Waals surface area contributed by atoms with Crippen molar-refractivity contribution in [2.75, 3.05) is 7.05 Å². The predicted molar refractivity (Wildman–Crippen MR) is 80.9 cm³/mol. The van der Waals surface area contributed by atoms with Crippen molar-refractivity contribution in [2.45, 2.75) is 19.9 Å². The molecule has 2 rings (SSSR count). The molecule has 0 heterocycles. The van der Waals surface area contributed by atoms with Crippen LogP contribution in [0.25, 0.3) is 0 Å². The number of halogens is 2. The van der Waals surface area contributed by atoms with E-state index in [1.807, 2.05) is 39.1 Å². The van der Waals surface area contributed by atoms with Crippen LogP contribution in [-0.2, 0) is 0 Å². The van der Waals surface area contributed by atoms with Crippen LogP contribution in [0.5, 0.6) is 0 Å². The van der Waals surface area contributed by atoms with E-state index in [2.05, 4.69) is 27.3 Å². The topological polar surface area (TPSA) is 12.0 Å². The van der Waals surface area contributed by atoms with Gasteiger partial charge in [-0.2, -0.15) is 0 Å². The third kappa shape index (κ3) is 2.88. The number of hydrogen-bond donors (Lipinski definition) is 1. The fourth-order valence-electron chi connectivity index (χ4n) is 2.54. The smallest absolute Gasteiger partial charge is 0.123 e. The highest BCUT2D eigenvalue weighted by atomic mass is 79.9. The monoisotopic (exact) mass is 321 g/mol. The summed E-state index contributed by atoms with van der Waals surface area (Å²) in [5.74, 6) is -0.180. The second-order valence-corrected chi connectivity index (χ2v) is 5.55. The zero-order valence-electron chi connectivity index (χ0n) is 11.3. The summed E-state index contributed by atoms with van der Waals surface area (Å²) in [4.78, 5) is 0. The molecule has 0 radical (unpaired) electrons. The summed E-state index contributed by atoms with van der Waals surface area (Å²) in [6, 6.07) is 11.3. The van der Waals surface area contributed by atoms with Crippen molar-refractivity contribution in [1.29, 1.82) is 0 Å². The molecular formula is C16H17BrFN. The fraction of sp³-hybridized carbons (Fsp3) is 0.250. The summed E-state index contributed by atoms with van der Waals surface area (Å²) in [7, 11) is 1.92. The first-order valence-corrected chi connectivity index (χ1v) is 7.02. The summed E-state index contributed by atoms with van der Waals surface area (Å²) < 4.78 is 14.5. The summed E-state index contributed by atoms with van der Waals surface area (Å²) in [6.07, 6.45) is 0. The second kappa shape index (κ2) is 5.85. The van der Waals surface area contributed by atoms with Crippen LogP contribution < -0.4 is 5.32 Å². The SMILES string of the molecule is CNC(c1ccccc1Br)c1c(C)cc(F)cc1C. The van der Waals surface area contributed by atoms with E-state index in [-0.39, 0.29) is 11.9 Å². The molecule has 0 spiro atoms. The molecule has 0 saturated heterocycles. The molecule has 3 heteroatoms. The van der Waals surface area contributed by atoms with E-state index in [0.29, 0.717) is 0 Å². The quantitative estimate of drug-likeness (QED) is 0.876. The minimum absolute atomic E-state index is 0.0520. The summed E-state index contributed by atoms with van der Waals surface area (Å²) >= 11 is 3.58. The van der Waals surface area contributed by atoms with E-state index in [1.165, 1.54) is 0 Å². The molecule has 0 amide bonds. The van der Waals surface area contributed by atoms with E-state index in [1.54, 1.807) is 12.1 Å². The summed E-state index contributed by atoms with van der Waals surface area (Å²) in [5.41, 5.74) is 4.22. The maximum absolute atomic E-state index is 13.4. The van der Waals surface area contributed by atoms with Crippen molar-refractivity contribution in [2.24, 2.45) is 0 Å². The van der Waals surface area contributed by atoms with Crippen LogP contribution in [0.2, 0.25) is 0 Å². The van der Waals surface area contributed by atoms with Gasteiger partial charge in [0, 0.05) is 4.47 Å². The highest BCUT2D eigenvalue weighted by Crippen LogP contribution is 2.32. The van der Waals surface area contributed by atoms with Gasteiger partial charge in [-0.05, 0) is 61.3 Å². The molecule has 0 fully saturated rings. The number of rotatable bonds is 3. The van der Waals surface area contributed by atoms with Crippen molar-refractivity contribution >= 4 is 15.9 Å². The van der Waals surface area contributed by atoms with Gasteiger partial charge < -0.3 is 5.32 Å². The largest absolute Gasteiger partial charge is 0.309 e. The molecule has 0 saturated carbocycles. The second-order valence-electron chi connectivity index (χ2n) is 4.70. The Hall–Kier alpha value is -1.19. The van der Waals surface area contributed by atoms with Crippen LogP contribution in [0.4, 0.5) is 4.39 Å². The Bertz CT molecular complexity index is 572. The standard InChI is InChI=1S/C16H17BrFN/c1-10-8-12(18)9-11(2)15(10)16(19-3)13-6-4-5-7-14(13)17/h4-9,16,19H,1-3H3. The van der Waals surface area contributed by atoms with Crippen LogP contribution in [0, 0.1) is 19.7 Å². The zero-order valence-corrected chi connectivity index (χ0v) is 12.9. The van der Waals surface area contributed by atoms with Gasteiger partial charge in [-0.25, -0.2) is 4.39 Å². The Labute approximate surface area is 122 Å². The van der Waals surface area contributed by atoms with Gasteiger partial charge in [-0.15, -0.1) is 0 Å². The van der Waals surface area contributed by atoms with Gasteiger partial charge in [0.25, 0.3) is 0 Å². The van der Waals surface area contributed by atoms with Gasteiger partial charge in [-0.1, -0.05) is 34.1 Å². The van der Waals surface area contributed by atoms with Gasteiger partial charge in [0.05, 0.1) is 6.04 Å². The molecule has 1 nitrogen and oxygen atoms in total. The molecule has 1 unspecified atom stereocenters. The van der Waals surface area contributed by atoms with Crippen molar-refractivity contribution in [1.82, 2.24) is 5.32 Å². The van der Waals surface area contributed by atoms with Crippen molar-refractivity contribution in [3.8, 4) is 0 Å². The average Bonchev–Trinajstić information content (AvgIpc) is 2.34. The number of aryl methyl sites for hydroxylation is 2. The third-order valence-corrected chi connectivity index (χ3v) is 4.07. The minimum atomic E-state index is -0.180. The highest BCUT2D eigenvalue weighted by Gasteiger charge is 2.19. The Balaban J connectivity index is 2.58. The first kappa shape index (κ1) is 14.2. The first-order valence-electron chi connectivity index (χ1n) is 6.23. The van der Waals surface area contributed by atoms with Gasteiger partial charge in [0.2, 0.25) is 0 Å². The van der Waals surface area contributed by atoms with Crippen LogP contribution in [0.1, 0.15) is 28.3 Å². The Morgan fingerprint density at radius 1 is 1.11 bits per heavy atom. The zero-order chi connectivity index (χ0) is 14.0. The van der Waals surface area contributed by atoms with Crippen LogP contribution in [0.3, 0.4) is 0 Å². The molecule has 0 aliphatic rings.